The lowest BCUT2D eigenvalue weighted by atomic mass is 9.84. The van der Waals surface area contributed by atoms with Gasteiger partial charge in [0.15, 0.2) is 0 Å². The van der Waals surface area contributed by atoms with Gasteiger partial charge in [-0.2, -0.15) is 0 Å². The molecule has 0 aliphatic heterocycles. The van der Waals surface area contributed by atoms with Crippen molar-refractivity contribution in [3.8, 4) is 0 Å². The molecular formula is C33H42. The average molecular weight is 439 g/mol. The van der Waals surface area contributed by atoms with Crippen molar-refractivity contribution in [2.75, 3.05) is 0 Å². The number of benzene rings is 3. The Labute approximate surface area is 203 Å². The number of hydrogen-bond donors (Lipinski definition) is 0. The van der Waals surface area contributed by atoms with Crippen molar-refractivity contribution in [2.45, 2.75) is 58.8 Å². The maximum atomic E-state index is 4.50. The SMILES string of the molecule is C=C/C(=C\CC)CCC(C(=C)CC/C=C/c1cccc2ccccc12)c1ccccc1.CC.[HH]. The summed E-state index contributed by atoms with van der Waals surface area (Å²) in [6, 6.07) is 25.9. The van der Waals surface area contributed by atoms with Crippen LogP contribution in [0.1, 0.15) is 71.3 Å². The Balaban J connectivity index is 0.00000188. The van der Waals surface area contributed by atoms with Gasteiger partial charge in [-0.05, 0) is 54.0 Å². The Bertz CT molecular complexity index is 1050. The van der Waals surface area contributed by atoms with Crippen molar-refractivity contribution in [1.82, 2.24) is 0 Å². The molecule has 0 nitrogen and oxygen atoms in total. The van der Waals surface area contributed by atoms with Gasteiger partial charge < -0.3 is 0 Å². The smallest absolute Gasteiger partial charge is 0.00487 e. The Morgan fingerprint density at radius 1 is 0.909 bits per heavy atom. The first-order chi connectivity index (χ1) is 16.2. The van der Waals surface area contributed by atoms with Crippen LogP contribution in [0.3, 0.4) is 0 Å². The molecule has 0 heterocycles. The van der Waals surface area contributed by atoms with Crippen LogP contribution in [-0.2, 0) is 0 Å². The van der Waals surface area contributed by atoms with Gasteiger partial charge in [-0.25, -0.2) is 0 Å². The minimum Gasteiger partial charge on any atom is -0.0992 e. The molecule has 1 unspecified atom stereocenters. The number of fused-ring (bicyclic) bond motifs is 1. The maximum Gasteiger partial charge on any atom is 0.00487 e. The van der Waals surface area contributed by atoms with E-state index in [9.17, 15) is 0 Å². The first-order valence-corrected chi connectivity index (χ1v) is 12.4. The van der Waals surface area contributed by atoms with E-state index < -0.39 is 0 Å². The normalized spacial score (nSPS) is 12.3. The topological polar surface area (TPSA) is 0 Å². The average Bonchev–Trinajstić information content (AvgIpc) is 2.88. The van der Waals surface area contributed by atoms with E-state index in [1.807, 2.05) is 19.9 Å². The molecule has 33 heavy (non-hydrogen) atoms. The van der Waals surface area contributed by atoms with E-state index in [4.69, 9.17) is 0 Å². The highest BCUT2D eigenvalue weighted by Crippen LogP contribution is 2.32. The highest BCUT2D eigenvalue weighted by molar-refractivity contribution is 5.90. The van der Waals surface area contributed by atoms with Gasteiger partial charge >= 0.3 is 0 Å². The van der Waals surface area contributed by atoms with Crippen molar-refractivity contribution in [2.24, 2.45) is 0 Å². The lowest BCUT2D eigenvalue weighted by Gasteiger charge is -2.20. The predicted molar refractivity (Wildman–Crippen MR) is 152 cm³/mol. The number of rotatable bonds is 11. The lowest BCUT2D eigenvalue weighted by Crippen LogP contribution is -2.03. The van der Waals surface area contributed by atoms with Crippen LogP contribution in [-0.4, -0.2) is 0 Å². The second kappa shape index (κ2) is 14.9. The standard InChI is InChI=1S/C31H34.C2H6.H2/c1-4-14-26(5-2)23-24-30(27-16-7-6-8-17-27)25(3)15-9-10-18-28-20-13-21-29-19-11-12-22-31(28)29;1-2;/h5-8,10-14,16-22,30H,2-4,9,15,23-24H2,1H3;1-2H3;1H/b18-10+,26-14+;;. The van der Waals surface area contributed by atoms with Gasteiger partial charge in [0.2, 0.25) is 0 Å². The van der Waals surface area contributed by atoms with Crippen molar-refractivity contribution in [1.29, 1.82) is 0 Å². The van der Waals surface area contributed by atoms with Crippen LogP contribution in [0.25, 0.3) is 16.8 Å². The minimum absolute atomic E-state index is 0. The molecule has 0 amide bonds. The molecule has 0 aliphatic rings. The van der Waals surface area contributed by atoms with Gasteiger partial charge in [-0.15, -0.1) is 0 Å². The summed E-state index contributed by atoms with van der Waals surface area (Å²) in [6.07, 6.45) is 14.0. The third-order valence-electron chi connectivity index (χ3n) is 5.90. The monoisotopic (exact) mass is 438 g/mol. The molecule has 3 aromatic rings. The van der Waals surface area contributed by atoms with Crippen LogP contribution in [0.5, 0.6) is 0 Å². The first-order valence-electron chi connectivity index (χ1n) is 12.4. The van der Waals surface area contributed by atoms with Crippen LogP contribution >= 0.6 is 0 Å². The van der Waals surface area contributed by atoms with Crippen LogP contribution in [0, 0.1) is 0 Å². The Morgan fingerprint density at radius 2 is 1.61 bits per heavy atom. The van der Waals surface area contributed by atoms with E-state index in [0.29, 0.717) is 5.92 Å². The number of hydrogen-bond acceptors (Lipinski definition) is 0. The van der Waals surface area contributed by atoms with Crippen molar-refractivity contribution in [3.63, 3.8) is 0 Å². The fourth-order valence-electron chi connectivity index (χ4n) is 4.20. The van der Waals surface area contributed by atoms with Crippen molar-refractivity contribution >= 4 is 16.8 Å². The zero-order chi connectivity index (χ0) is 23.9. The molecule has 0 saturated carbocycles. The first kappa shape index (κ1) is 26.1. The molecule has 0 spiro atoms. The van der Waals surface area contributed by atoms with Gasteiger partial charge in [0.25, 0.3) is 0 Å². The number of allylic oxidation sites excluding steroid dienone is 5. The van der Waals surface area contributed by atoms with E-state index in [1.54, 1.807) is 0 Å². The summed E-state index contributed by atoms with van der Waals surface area (Å²) >= 11 is 0. The molecule has 0 bridgehead atoms. The lowest BCUT2D eigenvalue weighted by molar-refractivity contribution is 0.676. The van der Waals surface area contributed by atoms with Gasteiger partial charge in [-0.3, -0.25) is 0 Å². The molecule has 0 saturated heterocycles. The zero-order valence-corrected chi connectivity index (χ0v) is 20.8. The second-order valence-electron chi connectivity index (χ2n) is 8.06. The van der Waals surface area contributed by atoms with E-state index in [0.717, 1.165) is 32.1 Å². The van der Waals surface area contributed by atoms with Crippen molar-refractivity contribution in [3.05, 3.63) is 126 Å². The van der Waals surface area contributed by atoms with Crippen LogP contribution in [0.15, 0.2) is 115 Å². The summed E-state index contributed by atoms with van der Waals surface area (Å²) in [6.45, 7) is 14.7. The zero-order valence-electron chi connectivity index (χ0n) is 20.8. The van der Waals surface area contributed by atoms with Crippen LogP contribution < -0.4 is 0 Å². The maximum absolute atomic E-state index is 4.50. The summed E-state index contributed by atoms with van der Waals surface area (Å²) in [7, 11) is 0. The third-order valence-corrected chi connectivity index (χ3v) is 5.90. The van der Waals surface area contributed by atoms with Gasteiger partial charge in [-0.1, -0.05) is 142 Å². The minimum atomic E-state index is 0. The fourth-order valence-corrected chi connectivity index (χ4v) is 4.20. The summed E-state index contributed by atoms with van der Waals surface area (Å²) in [5, 5.41) is 2.60. The Kier molecular flexibility index (Phi) is 11.8. The van der Waals surface area contributed by atoms with E-state index in [1.165, 1.54) is 33.0 Å². The summed E-state index contributed by atoms with van der Waals surface area (Å²) < 4.78 is 0. The van der Waals surface area contributed by atoms with Crippen LogP contribution in [0.2, 0.25) is 0 Å². The molecule has 0 fully saturated rings. The summed E-state index contributed by atoms with van der Waals surface area (Å²) in [5.41, 5.74) is 5.30. The van der Waals surface area contributed by atoms with Crippen molar-refractivity contribution < 1.29 is 1.43 Å². The Hall–Kier alpha value is -3.12. The molecular weight excluding hydrogens is 396 g/mol. The van der Waals surface area contributed by atoms with Crippen LogP contribution in [0.4, 0.5) is 0 Å². The van der Waals surface area contributed by atoms with E-state index in [2.05, 4.69) is 111 Å². The quantitative estimate of drug-likeness (QED) is 0.206. The van der Waals surface area contributed by atoms with E-state index in [-0.39, 0.29) is 1.43 Å². The molecule has 1 atom stereocenters. The summed E-state index contributed by atoms with van der Waals surface area (Å²) in [5.74, 6) is 0.382. The molecule has 0 aliphatic carbocycles. The molecule has 174 valence electrons. The molecule has 0 heteroatoms. The molecule has 3 aromatic carbocycles. The predicted octanol–water partition coefficient (Wildman–Crippen LogP) is 10.5. The second-order valence-corrected chi connectivity index (χ2v) is 8.06. The largest absolute Gasteiger partial charge is 0.0992 e. The summed E-state index contributed by atoms with van der Waals surface area (Å²) in [4.78, 5) is 0. The van der Waals surface area contributed by atoms with Gasteiger partial charge in [0.05, 0.1) is 0 Å². The van der Waals surface area contributed by atoms with Gasteiger partial charge in [0, 0.05) is 7.34 Å². The molecule has 0 N–H and O–H groups in total. The Morgan fingerprint density at radius 3 is 2.33 bits per heavy atom. The molecule has 3 rings (SSSR count). The molecule has 0 radical (unpaired) electrons. The highest BCUT2D eigenvalue weighted by Gasteiger charge is 2.15. The third kappa shape index (κ3) is 8.06. The fraction of sp³-hybridized carbons (Fsp3) is 0.273. The molecule has 0 aromatic heterocycles. The van der Waals surface area contributed by atoms with E-state index >= 15 is 0 Å². The van der Waals surface area contributed by atoms with Gasteiger partial charge in [0.1, 0.15) is 0 Å². The highest BCUT2D eigenvalue weighted by atomic mass is 14.2.